The summed E-state index contributed by atoms with van der Waals surface area (Å²) >= 11 is 0. The number of anilines is 1. The Morgan fingerprint density at radius 1 is 1.21 bits per heavy atom. The van der Waals surface area contributed by atoms with E-state index in [2.05, 4.69) is 34.3 Å². The number of hydrogen-bond acceptors (Lipinski definition) is 6. The van der Waals surface area contributed by atoms with Gasteiger partial charge in [0.1, 0.15) is 11.1 Å². The Kier molecular flexibility index (Phi) is 5.84. The Hall–Kier alpha value is -3.48. The first-order valence-corrected chi connectivity index (χ1v) is 9.11. The normalized spacial score (nSPS) is 11.5. The minimum Gasteiger partial charge on any atom is -0.422 e. The molecule has 7 heteroatoms. The third kappa shape index (κ3) is 4.09. The molecule has 3 rings (SSSR count). The molecule has 3 aromatic rings. The van der Waals surface area contributed by atoms with Crippen molar-refractivity contribution in [3.8, 4) is 0 Å². The lowest BCUT2D eigenvalue weighted by molar-refractivity contribution is 0.0951. The van der Waals surface area contributed by atoms with Crippen molar-refractivity contribution in [1.29, 1.82) is 0 Å². The number of carbonyl (C=O) groups is 1. The molecular formula is C21H22N4O3. The van der Waals surface area contributed by atoms with Crippen molar-refractivity contribution in [2.24, 2.45) is 5.10 Å². The van der Waals surface area contributed by atoms with E-state index in [0.29, 0.717) is 16.7 Å². The van der Waals surface area contributed by atoms with Crippen LogP contribution < -0.4 is 16.0 Å². The number of pyridine rings is 1. The van der Waals surface area contributed by atoms with Crippen LogP contribution in [0.3, 0.4) is 0 Å². The molecule has 28 heavy (non-hydrogen) atoms. The maximum Gasteiger partial charge on any atom is 0.349 e. The predicted octanol–water partition coefficient (Wildman–Crippen LogP) is 3.19. The van der Waals surface area contributed by atoms with Crippen LogP contribution in [0, 0.1) is 0 Å². The first-order chi connectivity index (χ1) is 13.5. The monoisotopic (exact) mass is 378 g/mol. The second kappa shape index (κ2) is 8.47. The summed E-state index contributed by atoms with van der Waals surface area (Å²) < 4.78 is 5.38. The van der Waals surface area contributed by atoms with Gasteiger partial charge >= 0.3 is 5.63 Å². The lowest BCUT2D eigenvalue weighted by atomic mass is 10.1. The second-order valence-electron chi connectivity index (χ2n) is 6.22. The van der Waals surface area contributed by atoms with Crippen LogP contribution in [0.4, 0.5) is 5.69 Å². The second-order valence-corrected chi connectivity index (χ2v) is 6.22. The summed E-state index contributed by atoms with van der Waals surface area (Å²) in [5.74, 6) is -0.619. The van der Waals surface area contributed by atoms with Crippen molar-refractivity contribution >= 4 is 28.3 Å². The highest BCUT2D eigenvalue weighted by Gasteiger charge is 2.14. The van der Waals surface area contributed by atoms with Crippen molar-refractivity contribution in [3.63, 3.8) is 0 Å². The van der Waals surface area contributed by atoms with Crippen LogP contribution in [0.5, 0.6) is 0 Å². The Morgan fingerprint density at radius 2 is 2.00 bits per heavy atom. The molecule has 0 aliphatic rings. The number of nitrogens with one attached hydrogen (secondary N) is 1. The zero-order valence-corrected chi connectivity index (χ0v) is 16.1. The van der Waals surface area contributed by atoms with E-state index in [9.17, 15) is 9.59 Å². The largest absolute Gasteiger partial charge is 0.422 e. The molecule has 0 radical (unpaired) electrons. The Bertz CT molecular complexity index is 1070. The van der Waals surface area contributed by atoms with Crippen LogP contribution in [-0.4, -0.2) is 29.7 Å². The van der Waals surface area contributed by atoms with Crippen molar-refractivity contribution in [2.75, 3.05) is 18.0 Å². The number of nitrogens with zero attached hydrogens (tertiary/aromatic N) is 3. The Labute approximate surface area is 162 Å². The molecule has 7 nitrogen and oxygen atoms in total. The van der Waals surface area contributed by atoms with Crippen LogP contribution in [0.15, 0.2) is 63.1 Å². The Morgan fingerprint density at radius 3 is 2.68 bits per heavy atom. The zero-order chi connectivity index (χ0) is 20.1. The topological polar surface area (TPSA) is 87.8 Å². The van der Waals surface area contributed by atoms with Crippen molar-refractivity contribution in [1.82, 2.24) is 10.4 Å². The highest BCUT2D eigenvalue weighted by molar-refractivity contribution is 6.01. The summed E-state index contributed by atoms with van der Waals surface area (Å²) in [5, 5.41) is 4.72. The molecule has 0 unspecified atom stereocenters. The highest BCUT2D eigenvalue weighted by atomic mass is 16.4. The van der Waals surface area contributed by atoms with E-state index in [4.69, 9.17) is 4.42 Å². The minimum absolute atomic E-state index is 0.0918. The first kappa shape index (κ1) is 19.3. The lowest BCUT2D eigenvalue weighted by Gasteiger charge is -2.20. The van der Waals surface area contributed by atoms with Gasteiger partial charge in [0.15, 0.2) is 0 Å². The molecule has 144 valence electrons. The molecule has 0 fully saturated rings. The SMILES string of the molecule is CCN(CC)c1ccc2cc(C(=O)N/N=C(/C)c3cccnc3)c(=O)oc2c1. The van der Waals surface area contributed by atoms with Crippen LogP contribution in [0.2, 0.25) is 0 Å². The van der Waals surface area contributed by atoms with Gasteiger partial charge in [-0.25, -0.2) is 10.2 Å². The first-order valence-electron chi connectivity index (χ1n) is 9.11. The molecule has 2 aromatic heterocycles. The number of fused-ring (bicyclic) bond motifs is 1. The van der Waals surface area contributed by atoms with E-state index in [0.717, 1.165) is 24.3 Å². The number of rotatable bonds is 6. The fraction of sp³-hybridized carbons (Fsp3) is 0.238. The quantitative estimate of drug-likeness (QED) is 0.404. The molecule has 1 aromatic carbocycles. The summed E-state index contributed by atoms with van der Waals surface area (Å²) in [5.41, 5.74) is 4.38. The van der Waals surface area contributed by atoms with Gasteiger partial charge in [-0.05, 0) is 45.0 Å². The summed E-state index contributed by atoms with van der Waals surface area (Å²) in [6, 6.07) is 10.7. The number of aromatic nitrogens is 1. The zero-order valence-electron chi connectivity index (χ0n) is 16.1. The lowest BCUT2D eigenvalue weighted by Crippen LogP contribution is -2.25. The van der Waals surface area contributed by atoms with Crippen molar-refractivity contribution in [2.45, 2.75) is 20.8 Å². The van der Waals surface area contributed by atoms with E-state index in [-0.39, 0.29) is 5.56 Å². The maximum absolute atomic E-state index is 12.4. The smallest absolute Gasteiger partial charge is 0.349 e. The Balaban J connectivity index is 1.86. The van der Waals surface area contributed by atoms with E-state index in [1.165, 1.54) is 6.07 Å². The number of carbonyl (C=O) groups excluding carboxylic acids is 1. The van der Waals surface area contributed by atoms with Gasteiger partial charge in [-0.1, -0.05) is 6.07 Å². The van der Waals surface area contributed by atoms with E-state index < -0.39 is 11.5 Å². The van der Waals surface area contributed by atoms with Gasteiger partial charge < -0.3 is 9.32 Å². The van der Waals surface area contributed by atoms with Crippen molar-refractivity contribution in [3.05, 3.63) is 70.3 Å². The molecular weight excluding hydrogens is 356 g/mol. The van der Waals surface area contributed by atoms with Gasteiger partial charge in [0.05, 0.1) is 5.71 Å². The fourth-order valence-electron chi connectivity index (χ4n) is 2.88. The molecule has 0 aliphatic carbocycles. The van der Waals surface area contributed by atoms with E-state index in [1.54, 1.807) is 25.4 Å². The third-order valence-electron chi connectivity index (χ3n) is 4.50. The highest BCUT2D eigenvalue weighted by Crippen LogP contribution is 2.22. The molecule has 0 atom stereocenters. The van der Waals surface area contributed by atoms with E-state index in [1.807, 2.05) is 24.3 Å². The van der Waals surface area contributed by atoms with Gasteiger partial charge in [-0.15, -0.1) is 0 Å². The number of benzene rings is 1. The number of hydrazone groups is 1. The van der Waals surface area contributed by atoms with Crippen LogP contribution in [-0.2, 0) is 0 Å². The van der Waals surface area contributed by atoms with Crippen LogP contribution in [0.1, 0.15) is 36.7 Å². The molecule has 1 amide bonds. The number of amides is 1. The van der Waals surface area contributed by atoms with Crippen LogP contribution in [0.25, 0.3) is 11.0 Å². The van der Waals surface area contributed by atoms with Crippen LogP contribution >= 0.6 is 0 Å². The summed E-state index contributed by atoms with van der Waals surface area (Å²) in [4.78, 5) is 30.9. The standard InChI is InChI=1S/C21H22N4O3/c1-4-25(5-2)17-9-8-15-11-18(21(27)28-19(15)12-17)20(26)24-23-14(3)16-7-6-10-22-13-16/h6-13H,4-5H2,1-3H3,(H,24,26)/b23-14-. The van der Waals surface area contributed by atoms with Gasteiger partial charge in [0.25, 0.3) is 5.91 Å². The van der Waals surface area contributed by atoms with Crippen molar-refractivity contribution < 1.29 is 9.21 Å². The summed E-state index contributed by atoms with van der Waals surface area (Å²) in [6.45, 7) is 7.56. The molecule has 0 aliphatic heterocycles. The van der Waals surface area contributed by atoms with Gasteiger partial charge in [-0.2, -0.15) is 5.10 Å². The molecule has 2 heterocycles. The third-order valence-corrected chi connectivity index (χ3v) is 4.50. The molecule has 0 bridgehead atoms. The molecule has 0 spiro atoms. The van der Waals surface area contributed by atoms with Gasteiger partial charge in [0, 0.05) is 48.2 Å². The fourth-order valence-corrected chi connectivity index (χ4v) is 2.88. The number of hydrogen-bond donors (Lipinski definition) is 1. The summed E-state index contributed by atoms with van der Waals surface area (Å²) in [6.07, 6.45) is 3.30. The van der Waals surface area contributed by atoms with Gasteiger partial charge in [-0.3, -0.25) is 9.78 Å². The average molecular weight is 378 g/mol. The molecule has 1 N–H and O–H groups in total. The molecule has 0 saturated carbocycles. The van der Waals surface area contributed by atoms with E-state index >= 15 is 0 Å². The summed E-state index contributed by atoms with van der Waals surface area (Å²) in [7, 11) is 0. The molecule has 0 saturated heterocycles. The maximum atomic E-state index is 12.4. The van der Waals surface area contributed by atoms with Gasteiger partial charge in [0.2, 0.25) is 0 Å². The predicted molar refractivity (Wildman–Crippen MR) is 110 cm³/mol. The minimum atomic E-state index is -0.698. The average Bonchev–Trinajstić information content (AvgIpc) is 2.72.